The number of nitrogens with zero attached hydrogens (tertiary/aromatic N) is 1. The van der Waals surface area contributed by atoms with Crippen LogP contribution in [-0.2, 0) is 5.60 Å². The van der Waals surface area contributed by atoms with Gasteiger partial charge in [0.25, 0.3) is 0 Å². The van der Waals surface area contributed by atoms with E-state index in [0.717, 1.165) is 0 Å². The molecule has 3 nitrogen and oxygen atoms in total. The van der Waals surface area contributed by atoms with E-state index in [1.165, 1.54) is 6.20 Å². The van der Waals surface area contributed by atoms with E-state index in [-0.39, 0.29) is 4.47 Å². The van der Waals surface area contributed by atoms with Crippen LogP contribution in [0.15, 0.2) is 10.7 Å². The number of H-pyrrole nitrogens is 1. The van der Waals surface area contributed by atoms with Gasteiger partial charge in [-0.15, -0.1) is 0 Å². The summed E-state index contributed by atoms with van der Waals surface area (Å²) in [5.74, 6) is 0. The maximum Gasteiger partial charge on any atom is 0.422 e. The number of aromatic amines is 1. The van der Waals surface area contributed by atoms with E-state index < -0.39 is 17.5 Å². The van der Waals surface area contributed by atoms with Crippen LogP contribution < -0.4 is 0 Å². The van der Waals surface area contributed by atoms with Crippen LogP contribution in [-0.4, -0.2) is 21.5 Å². The normalized spacial score (nSPS) is 17.1. The molecule has 1 unspecified atom stereocenters. The molecule has 1 atom stereocenters. The summed E-state index contributed by atoms with van der Waals surface area (Å²) < 4.78 is 36.8. The van der Waals surface area contributed by atoms with Gasteiger partial charge in [0.05, 0.1) is 4.47 Å². The van der Waals surface area contributed by atoms with Gasteiger partial charge in [-0.3, -0.25) is 5.10 Å². The van der Waals surface area contributed by atoms with Gasteiger partial charge < -0.3 is 5.11 Å². The molecule has 0 aliphatic carbocycles. The average molecular weight is 259 g/mol. The summed E-state index contributed by atoms with van der Waals surface area (Å²) in [5.41, 5.74) is -3.41. The lowest BCUT2D eigenvalue weighted by Crippen LogP contribution is -2.39. The molecule has 1 heterocycles. The van der Waals surface area contributed by atoms with Crippen LogP contribution in [0.2, 0.25) is 0 Å². The van der Waals surface area contributed by atoms with Gasteiger partial charge in [0.2, 0.25) is 5.60 Å². The third kappa shape index (κ3) is 1.71. The van der Waals surface area contributed by atoms with Crippen LogP contribution in [0, 0.1) is 0 Å². The van der Waals surface area contributed by atoms with Crippen molar-refractivity contribution in [3.05, 3.63) is 16.4 Å². The molecule has 1 aromatic heterocycles. The van der Waals surface area contributed by atoms with Crippen molar-refractivity contribution in [2.24, 2.45) is 0 Å². The van der Waals surface area contributed by atoms with E-state index in [4.69, 9.17) is 5.11 Å². The Morgan fingerprint density at radius 2 is 2.08 bits per heavy atom. The summed E-state index contributed by atoms with van der Waals surface area (Å²) in [6.45, 7) is 0.647. The van der Waals surface area contributed by atoms with E-state index in [2.05, 4.69) is 26.1 Å². The molecule has 0 spiro atoms. The van der Waals surface area contributed by atoms with Gasteiger partial charge in [0.1, 0.15) is 5.69 Å². The molecule has 0 saturated heterocycles. The Morgan fingerprint density at radius 3 is 2.38 bits per heavy atom. The van der Waals surface area contributed by atoms with Gasteiger partial charge >= 0.3 is 6.18 Å². The minimum Gasteiger partial charge on any atom is -0.375 e. The summed E-state index contributed by atoms with van der Waals surface area (Å²) in [6, 6.07) is 0. The van der Waals surface area contributed by atoms with E-state index in [1.54, 1.807) is 0 Å². The highest BCUT2D eigenvalue weighted by molar-refractivity contribution is 9.10. The van der Waals surface area contributed by atoms with E-state index in [1.807, 2.05) is 0 Å². The monoisotopic (exact) mass is 258 g/mol. The zero-order chi connectivity index (χ0) is 10.3. The molecular formula is C6H6BrF3N2O. The van der Waals surface area contributed by atoms with Gasteiger partial charge in [-0.05, 0) is 22.9 Å². The molecule has 1 rings (SSSR count). The van der Waals surface area contributed by atoms with Crippen molar-refractivity contribution >= 4 is 15.9 Å². The van der Waals surface area contributed by atoms with Crippen LogP contribution in [0.5, 0.6) is 0 Å². The Labute approximate surface area is 80.1 Å². The Hall–Kier alpha value is -0.560. The highest BCUT2D eigenvalue weighted by atomic mass is 79.9. The number of aromatic nitrogens is 2. The predicted molar refractivity (Wildman–Crippen MR) is 41.9 cm³/mol. The van der Waals surface area contributed by atoms with E-state index in [9.17, 15) is 13.2 Å². The number of rotatable bonds is 1. The SMILES string of the molecule is CC(O)(c1n[nH]cc1Br)C(F)(F)F. The summed E-state index contributed by atoms with van der Waals surface area (Å²) in [5, 5.41) is 14.7. The van der Waals surface area contributed by atoms with Crippen molar-refractivity contribution in [1.29, 1.82) is 0 Å². The van der Waals surface area contributed by atoms with Crippen molar-refractivity contribution in [3.63, 3.8) is 0 Å². The molecule has 0 aliphatic heterocycles. The summed E-state index contributed by atoms with van der Waals surface area (Å²) in [4.78, 5) is 0. The zero-order valence-corrected chi connectivity index (χ0v) is 8.07. The quantitative estimate of drug-likeness (QED) is 0.809. The van der Waals surface area contributed by atoms with Gasteiger partial charge in [0.15, 0.2) is 0 Å². The fourth-order valence-electron chi connectivity index (χ4n) is 0.751. The third-order valence-electron chi connectivity index (χ3n) is 1.61. The minimum atomic E-state index is -4.75. The molecule has 7 heteroatoms. The fraction of sp³-hybridized carbons (Fsp3) is 0.500. The number of halogens is 4. The molecule has 13 heavy (non-hydrogen) atoms. The maximum absolute atomic E-state index is 12.3. The molecule has 0 radical (unpaired) electrons. The summed E-state index contributed by atoms with van der Waals surface area (Å²) in [7, 11) is 0. The molecule has 0 saturated carbocycles. The number of aliphatic hydroxyl groups is 1. The lowest BCUT2D eigenvalue weighted by Gasteiger charge is -2.24. The number of hydrogen-bond donors (Lipinski definition) is 2. The zero-order valence-electron chi connectivity index (χ0n) is 6.48. The minimum absolute atomic E-state index is 0.0924. The van der Waals surface area contributed by atoms with Crippen molar-refractivity contribution in [1.82, 2.24) is 10.2 Å². The number of nitrogens with one attached hydrogen (secondary N) is 1. The number of hydrogen-bond acceptors (Lipinski definition) is 2. The fourth-order valence-corrected chi connectivity index (χ4v) is 1.33. The molecule has 0 amide bonds. The van der Waals surface area contributed by atoms with Crippen LogP contribution in [0.4, 0.5) is 13.2 Å². The Morgan fingerprint density at radius 1 is 1.54 bits per heavy atom. The number of alkyl halides is 3. The molecule has 2 N–H and O–H groups in total. The van der Waals surface area contributed by atoms with Gasteiger partial charge in [-0.2, -0.15) is 18.3 Å². The molecule has 0 fully saturated rings. The maximum atomic E-state index is 12.3. The Bertz CT molecular complexity index is 307. The lowest BCUT2D eigenvalue weighted by molar-refractivity contribution is -0.260. The highest BCUT2D eigenvalue weighted by Crippen LogP contribution is 2.39. The standard InChI is InChI=1S/C6H6BrF3N2O/c1-5(13,6(8,9)10)4-3(7)2-11-12-4/h2,13H,1H3,(H,11,12). The molecular weight excluding hydrogens is 253 g/mol. The van der Waals surface area contributed by atoms with E-state index >= 15 is 0 Å². The van der Waals surface area contributed by atoms with E-state index in [0.29, 0.717) is 6.92 Å². The predicted octanol–water partition coefficient (Wildman–Crippen LogP) is 1.94. The van der Waals surface area contributed by atoms with Crippen LogP contribution in [0.25, 0.3) is 0 Å². The van der Waals surface area contributed by atoms with Crippen LogP contribution >= 0.6 is 15.9 Å². The Kier molecular flexibility index (Phi) is 2.42. The first kappa shape index (κ1) is 10.5. The largest absolute Gasteiger partial charge is 0.422 e. The van der Waals surface area contributed by atoms with Gasteiger partial charge in [-0.25, -0.2) is 0 Å². The molecule has 0 aliphatic rings. The first-order valence-electron chi connectivity index (χ1n) is 3.25. The summed E-state index contributed by atoms with van der Waals surface area (Å²) in [6.07, 6.45) is -3.53. The highest BCUT2D eigenvalue weighted by Gasteiger charge is 2.53. The van der Waals surface area contributed by atoms with Gasteiger partial charge in [-0.1, -0.05) is 0 Å². The second-order valence-corrected chi connectivity index (χ2v) is 3.51. The van der Waals surface area contributed by atoms with Crippen molar-refractivity contribution in [3.8, 4) is 0 Å². The molecule has 1 aromatic rings. The lowest BCUT2D eigenvalue weighted by atomic mass is 10.0. The van der Waals surface area contributed by atoms with Crippen molar-refractivity contribution in [2.45, 2.75) is 18.7 Å². The summed E-state index contributed by atoms with van der Waals surface area (Å²) >= 11 is 2.84. The van der Waals surface area contributed by atoms with Crippen molar-refractivity contribution in [2.75, 3.05) is 0 Å². The Balaban J connectivity index is 3.15. The third-order valence-corrected chi connectivity index (χ3v) is 2.21. The first-order chi connectivity index (χ1) is 5.77. The molecule has 0 bridgehead atoms. The average Bonchev–Trinajstić information content (AvgIpc) is 2.32. The second-order valence-electron chi connectivity index (χ2n) is 2.65. The molecule has 0 aromatic carbocycles. The first-order valence-corrected chi connectivity index (χ1v) is 4.05. The topological polar surface area (TPSA) is 48.9 Å². The smallest absolute Gasteiger partial charge is 0.375 e. The van der Waals surface area contributed by atoms with Crippen molar-refractivity contribution < 1.29 is 18.3 Å². The molecule has 74 valence electrons. The van der Waals surface area contributed by atoms with Crippen LogP contribution in [0.1, 0.15) is 12.6 Å². The second kappa shape index (κ2) is 2.98. The van der Waals surface area contributed by atoms with Crippen LogP contribution in [0.3, 0.4) is 0 Å². The van der Waals surface area contributed by atoms with Gasteiger partial charge in [0, 0.05) is 6.20 Å².